The third-order valence-corrected chi connectivity index (χ3v) is 3.27. The quantitative estimate of drug-likeness (QED) is 0.881. The fraction of sp³-hybridized carbons (Fsp3) is 0.500. The SMILES string of the molecule is CC1(C)CC(O)CN1C(=O)COc1ccccc1. The Kier molecular flexibility index (Phi) is 3.57. The Bertz CT molecular complexity index is 416. The van der Waals surface area contributed by atoms with Crippen LogP contribution in [0.5, 0.6) is 5.75 Å². The molecule has 0 saturated carbocycles. The van der Waals surface area contributed by atoms with Gasteiger partial charge < -0.3 is 14.7 Å². The predicted molar refractivity (Wildman–Crippen MR) is 68.4 cm³/mol. The van der Waals surface area contributed by atoms with Crippen molar-refractivity contribution in [3.8, 4) is 5.75 Å². The number of rotatable bonds is 3. The molecule has 0 aromatic heterocycles. The van der Waals surface area contributed by atoms with Crippen molar-refractivity contribution in [1.29, 1.82) is 0 Å². The maximum atomic E-state index is 12.1. The summed E-state index contributed by atoms with van der Waals surface area (Å²) in [5.41, 5.74) is -0.295. The highest BCUT2D eigenvalue weighted by Crippen LogP contribution is 2.28. The molecule has 1 heterocycles. The van der Waals surface area contributed by atoms with E-state index in [0.29, 0.717) is 18.7 Å². The van der Waals surface area contributed by atoms with Gasteiger partial charge in [0.05, 0.1) is 6.10 Å². The van der Waals surface area contributed by atoms with Gasteiger partial charge in [0.25, 0.3) is 5.91 Å². The van der Waals surface area contributed by atoms with Crippen LogP contribution < -0.4 is 4.74 Å². The highest BCUT2D eigenvalue weighted by Gasteiger charge is 2.40. The zero-order valence-electron chi connectivity index (χ0n) is 10.8. The number of carbonyl (C=O) groups is 1. The van der Waals surface area contributed by atoms with Crippen molar-refractivity contribution in [1.82, 2.24) is 4.90 Å². The van der Waals surface area contributed by atoms with E-state index in [1.807, 2.05) is 44.2 Å². The zero-order chi connectivity index (χ0) is 13.2. The molecule has 0 radical (unpaired) electrons. The third-order valence-electron chi connectivity index (χ3n) is 3.27. The summed E-state index contributed by atoms with van der Waals surface area (Å²) in [6, 6.07) is 9.26. The first kappa shape index (κ1) is 12.9. The molecule has 1 aliphatic rings. The van der Waals surface area contributed by atoms with Crippen molar-refractivity contribution in [2.24, 2.45) is 0 Å². The topological polar surface area (TPSA) is 49.8 Å². The molecule has 0 spiro atoms. The summed E-state index contributed by atoms with van der Waals surface area (Å²) in [5, 5.41) is 9.63. The Morgan fingerprint density at radius 1 is 1.44 bits per heavy atom. The number of aliphatic hydroxyl groups excluding tert-OH is 1. The first-order valence-corrected chi connectivity index (χ1v) is 6.15. The number of nitrogens with zero attached hydrogens (tertiary/aromatic N) is 1. The number of likely N-dealkylation sites (tertiary alicyclic amines) is 1. The molecule has 0 bridgehead atoms. The van der Waals surface area contributed by atoms with Gasteiger partial charge in [-0.3, -0.25) is 4.79 Å². The van der Waals surface area contributed by atoms with Crippen LogP contribution in [0.25, 0.3) is 0 Å². The molecule has 1 aromatic carbocycles. The lowest BCUT2D eigenvalue weighted by atomic mass is 10.0. The monoisotopic (exact) mass is 249 g/mol. The van der Waals surface area contributed by atoms with E-state index in [2.05, 4.69) is 0 Å². The lowest BCUT2D eigenvalue weighted by Crippen LogP contribution is -2.45. The van der Waals surface area contributed by atoms with Gasteiger partial charge in [-0.15, -0.1) is 0 Å². The summed E-state index contributed by atoms with van der Waals surface area (Å²) in [7, 11) is 0. The predicted octanol–water partition coefficient (Wildman–Crippen LogP) is 1.44. The summed E-state index contributed by atoms with van der Waals surface area (Å²) in [4.78, 5) is 13.8. The van der Waals surface area contributed by atoms with Crippen molar-refractivity contribution in [2.45, 2.75) is 31.9 Å². The molecule has 1 aliphatic heterocycles. The second kappa shape index (κ2) is 4.98. The van der Waals surface area contributed by atoms with E-state index in [1.54, 1.807) is 4.90 Å². The minimum absolute atomic E-state index is 0.0141. The first-order chi connectivity index (χ1) is 8.49. The second-order valence-electron chi connectivity index (χ2n) is 5.28. The smallest absolute Gasteiger partial charge is 0.261 e. The Balaban J connectivity index is 1.93. The van der Waals surface area contributed by atoms with Crippen molar-refractivity contribution in [3.63, 3.8) is 0 Å². The maximum Gasteiger partial charge on any atom is 0.261 e. The average Bonchev–Trinajstić information content (AvgIpc) is 2.61. The van der Waals surface area contributed by atoms with Crippen LogP contribution in [0.3, 0.4) is 0 Å². The van der Waals surface area contributed by atoms with Gasteiger partial charge in [-0.2, -0.15) is 0 Å². The van der Waals surface area contributed by atoms with Crippen molar-refractivity contribution in [2.75, 3.05) is 13.2 Å². The molecule has 98 valence electrons. The molecule has 1 unspecified atom stereocenters. The number of hydrogen-bond acceptors (Lipinski definition) is 3. The molecule has 2 rings (SSSR count). The van der Waals surface area contributed by atoms with Gasteiger partial charge in [0, 0.05) is 12.1 Å². The Morgan fingerprint density at radius 3 is 2.67 bits per heavy atom. The number of benzene rings is 1. The number of β-amino-alcohol motifs (C(OH)–C–C–N with tert-alkyl or cyclic N) is 1. The molecule has 1 saturated heterocycles. The molecule has 0 aliphatic carbocycles. The molecule has 4 nitrogen and oxygen atoms in total. The molecule has 1 amide bonds. The normalized spacial score (nSPS) is 21.9. The molecule has 1 atom stereocenters. The number of ether oxygens (including phenoxy) is 1. The van der Waals surface area contributed by atoms with E-state index in [9.17, 15) is 9.90 Å². The lowest BCUT2D eigenvalue weighted by Gasteiger charge is -2.31. The van der Waals surface area contributed by atoms with Crippen molar-refractivity contribution < 1.29 is 14.6 Å². The van der Waals surface area contributed by atoms with Crippen LogP contribution in [-0.2, 0) is 4.79 Å². The third kappa shape index (κ3) is 2.82. The van der Waals surface area contributed by atoms with Crippen LogP contribution in [-0.4, -0.2) is 40.7 Å². The van der Waals surface area contributed by atoms with E-state index in [-0.39, 0.29) is 18.1 Å². The standard InChI is InChI=1S/C14H19NO3/c1-14(2)8-11(16)9-15(14)13(17)10-18-12-6-4-3-5-7-12/h3-7,11,16H,8-10H2,1-2H3. The first-order valence-electron chi connectivity index (χ1n) is 6.15. The van der Waals surface area contributed by atoms with E-state index in [4.69, 9.17) is 4.74 Å². The Labute approximate surface area is 107 Å². The number of amides is 1. The fourth-order valence-electron chi connectivity index (χ4n) is 2.39. The summed E-state index contributed by atoms with van der Waals surface area (Å²) in [6.07, 6.45) is 0.185. The zero-order valence-corrected chi connectivity index (χ0v) is 10.8. The Morgan fingerprint density at radius 2 is 2.11 bits per heavy atom. The minimum Gasteiger partial charge on any atom is -0.484 e. The molecule has 4 heteroatoms. The summed E-state index contributed by atoms with van der Waals surface area (Å²) < 4.78 is 5.44. The fourth-order valence-corrected chi connectivity index (χ4v) is 2.39. The van der Waals surface area contributed by atoms with Gasteiger partial charge in [0.15, 0.2) is 6.61 Å². The minimum atomic E-state index is -0.430. The number of aliphatic hydroxyl groups is 1. The van der Waals surface area contributed by atoms with Crippen LogP contribution in [0.4, 0.5) is 0 Å². The second-order valence-corrected chi connectivity index (χ2v) is 5.28. The van der Waals surface area contributed by atoms with Crippen LogP contribution in [0, 0.1) is 0 Å². The van der Waals surface area contributed by atoms with E-state index >= 15 is 0 Å². The van der Waals surface area contributed by atoms with Gasteiger partial charge in [-0.1, -0.05) is 18.2 Å². The molecule has 1 aromatic rings. The van der Waals surface area contributed by atoms with E-state index in [1.165, 1.54) is 0 Å². The number of para-hydroxylation sites is 1. The van der Waals surface area contributed by atoms with Gasteiger partial charge in [0.1, 0.15) is 5.75 Å². The number of carbonyl (C=O) groups excluding carboxylic acids is 1. The van der Waals surface area contributed by atoms with Crippen molar-refractivity contribution >= 4 is 5.91 Å². The van der Waals surface area contributed by atoms with E-state index < -0.39 is 6.10 Å². The highest BCUT2D eigenvalue weighted by atomic mass is 16.5. The molecule has 1 N–H and O–H groups in total. The van der Waals surface area contributed by atoms with Crippen molar-refractivity contribution in [3.05, 3.63) is 30.3 Å². The molecule has 18 heavy (non-hydrogen) atoms. The van der Waals surface area contributed by atoms with Crippen LogP contribution >= 0.6 is 0 Å². The van der Waals surface area contributed by atoms with Crippen LogP contribution in [0.1, 0.15) is 20.3 Å². The molecular formula is C14H19NO3. The van der Waals surface area contributed by atoms with Gasteiger partial charge in [-0.25, -0.2) is 0 Å². The van der Waals surface area contributed by atoms with Gasteiger partial charge >= 0.3 is 0 Å². The Hall–Kier alpha value is -1.55. The van der Waals surface area contributed by atoms with E-state index in [0.717, 1.165) is 0 Å². The van der Waals surface area contributed by atoms with Crippen LogP contribution in [0.2, 0.25) is 0 Å². The highest BCUT2D eigenvalue weighted by molar-refractivity contribution is 5.79. The van der Waals surface area contributed by atoms with Gasteiger partial charge in [0.2, 0.25) is 0 Å². The largest absolute Gasteiger partial charge is 0.484 e. The molecular weight excluding hydrogens is 230 g/mol. The summed E-state index contributed by atoms with van der Waals surface area (Å²) in [6.45, 7) is 4.33. The molecule has 1 fully saturated rings. The van der Waals surface area contributed by atoms with Gasteiger partial charge in [-0.05, 0) is 32.4 Å². The summed E-state index contributed by atoms with van der Waals surface area (Å²) in [5.74, 6) is 0.601. The maximum absolute atomic E-state index is 12.1. The van der Waals surface area contributed by atoms with Crippen LogP contribution in [0.15, 0.2) is 30.3 Å². The summed E-state index contributed by atoms with van der Waals surface area (Å²) >= 11 is 0. The lowest BCUT2D eigenvalue weighted by molar-refractivity contribution is -0.136. The number of hydrogen-bond donors (Lipinski definition) is 1. The average molecular weight is 249 g/mol.